The van der Waals surface area contributed by atoms with E-state index in [0.717, 1.165) is 24.9 Å². The van der Waals surface area contributed by atoms with Gasteiger partial charge in [0.05, 0.1) is 12.1 Å². The number of carbonyl (C=O) groups is 1. The highest BCUT2D eigenvalue weighted by Crippen LogP contribution is 2.17. The van der Waals surface area contributed by atoms with Crippen molar-refractivity contribution in [2.75, 3.05) is 6.54 Å². The Labute approximate surface area is 136 Å². The van der Waals surface area contributed by atoms with Crippen LogP contribution in [0.1, 0.15) is 51.4 Å². The van der Waals surface area contributed by atoms with Gasteiger partial charge < -0.3 is 15.7 Å². The zero-order chi connectivity index (χ0) is 16.7. The number of carbonyl (C=O) groups excluding carboxylic acids is 1. The van der Waals surface area contributed by atoms with Gasteiger partial charge in [-0.2, -0.15) is 0 Å². The number of nitrogens with one attached hydrogen (secondary N) is 2. The first-order chi connectivity index (χ1) is 11.2. The Bertz CT molecular complexity index is 628. The molecule has 2 aromatic heterocycles. The second kappa shape index (κ2) is 8.47. The van der Waals surface area contributed by atoms with Crippen molar-refractivity contribution < 1.29 is 9.90 Å². The number of nitrogens with zero attached hydrogens (tertiary/aromatic N) is 3. The summed E-state index contributed by atoms with van der Waals surface area (Å²) in [6.45, 7) is 4.30. The van der Waals surface area contributed by atoms with Crippen molar-refractivity contribution in [3.05, 3.63) is 30.2 Å². The molecule has 0 aromatic carbocycles. The summed E-state index contributed by atoms with van der Waals surface area (Å²) in [5, 5.41) is 23.7. The van der Waals surface area contributed by atoms with Gasteiger partial charge in [-0.1, -0.05) is 32.8 Å². The first kappa shape index (κ1) is 17.2. The van der Waals surface area contributed by atoms with Crippen molar-refractivity contribution in [3.63, 3.8) is 0 Å². The number of hydrogen-bond donors (Lipinski definition) is 3. The van der Waals surface area contributed by atoms with Gasteiger partial charge in [-0.15, -0.1) is 10.2 Å². The quantitative estimate of drug-likeness (QED) is 0.694. The Morgan fingerprint density at radius 1 is 1.26 bits per heavy atom. The molecular formula is C16H25N5O2. The molecule has 2 aromatic rings. The number of aromatic nitrogens is 3. The molecule has 7 nitrogen and oxygen atoms in total. The van der Waals surface area contributed by atoms with Gasteiger partial charge in [0, 0.05) is 12.7 Å². The lowest BCUT2D eigenvalue weighted by Gasteiger charge is -2.18. The number of aliphatic hydroxyl groups excluding tert-OH is 1. The molecule has 0 aliphatic heterocycles. The van der Waals surface area contributed by atoms with Crippen LogP contribution in [0, 0.1) is 0 Å². The van der Waals surface area contributed by atoms with Crippen LogP contribution in [0.2, 0.25) is 0 Å². The first-order valence-corrected chi connectivity index (χ1v) is 8.17. The molecule has 0 saturated carbocycles. The SMILES string of the molecule is CCCC(O)CNC(=O)NC(CCC)c1nnc2ccccn12. The minimum atomic E-state index is -0.510. The highest BCUT2D eigenvalue weighted by Gasteiger charge is 2.19. The van der Waals surface area contributed by atoms with Crippen LogP contribution < -0.4 is 10.6 Å². The lowest BCUT2D eigenvalue weighted by atomic mass is 10.1. The molecule has 2 heterocycles. The number of rotatable bonds is 8. The molecule has 2 amide bonds. The topological polar surface area (TPSA) is 91.5 Å². The molecule has 0 fully saturated rings. The summed E-state index contributed by atoms with van der Waals surface area (Å²) in [7, 11) is 0. The zero-order valence-corrected chi connectivity index (χ0v) is 13.7. The summed E-state index contributed by atoms with van der Waals surface area (Å²) < 4.78 is 1.88. The number of pyridine rings is 1. The van der Waals surface area contributed by atoms with Crippen LogP contribution in [-0.4, -0.2) is 38.4 Å². The Morgan fingerprint density at radius 2 is 2.04 bits per heavy atom. The predicted molar refractivity (Wildman–Crippen MR) is 88.1 cm³/mol. The molecule has 2 atom stereocenters. The summed E-state index contributed by atoms with van der Waals surface area (Å²) in [4.78, 5) is 12.1. The van der Waals surface area contributed by atoms with E-state index in [4.69, 9.17) is 0 Å². The van der Waals surface area contributed by atoms with Crippen LogP contribution in [0.4, 0.5) is 4.79 Å². The number of amides is 2. The van der Waals surface area contributed by atoms with Crippen LogP contribution in [0.3, 0.4) is 0 Å². The van der Waals surface area contributed by atoms with Gasteiger partial charge in [-0.25, -0.2) is 4.79 Å². The third-order valence-electron chi connectivity index (χ3n) is 3.65. The van der Waals surface area contributed by atoms with E-state index in [2.05, 4.69) is 27.8 Å². The van der Waals surface area contributed by atoms with Crippen LogP contribution >= 0.6 is 0 Å². The number of urea groups is 1. The zero-order valence-electron chi connectivity index (χ0n) is 13.7. The summed E-state index contributed by atoms with van der Waals surface area (Å²) in [5.74, 6) is 0.715. The fourth-order valence-corrected chi connectivity index (χ4v) is 2.51. The lowest BCUT2D eigenvalue weighted by molar-refractivity contribution is 0.159. The van der Waals surface area contributed by atoms with Crippen molar-refractivity contribution in [1.29, 1.82) is 0 Å². The Kier molecular flexibility index (Phi) is 6.34. The van der Waals surface area contributed by atoms with Gasteiger partial charge in [0.25, 0.3) is 0 Å². The summed E-state index contributed by atoms with van der Waals surface area (Å²) in [6.07, 6.45) is 4.61. The van der Waals surface area contributed by atoms with E-state index in [1.165, 1.54) is 0 Å². The Morgan fingerprint density at radius 3 is 2.78 bits per heavy atom. The number of aliphatic hydroxyl groups is 1. The van der Waals surface area contributed by atoms with E-state index < -0.39 is 6.10 Å². The molecule has 0 saturated heterocycles. The largest absolute Gasteiger partial charge is 0.391 e. The van der Waals surface area contributed by atoms with E-state index in [1.807, 2.05) is 35.7 Å². The molecule has 0 aliphatic rings. The van der Waals surface area contributed by atoms with E-state index in [9.17, 15) is 9.90 Å². The van der Waals surface area contributed by atoms with Crippen molar-refractivity contribution in [2.45, 2.75) is 51.7 Å². The Balaban J connectivity index is 2.02. The summed E-state index contributed by atoms with van der Waals surface area (Å²) >= 11 is 0. The van der Waals surface area contributed by atoms with E-state index >= 15 is 0 Å². The highest BCUT2D eigenvalue weighted by molar-refractivity contribution is 5.74. The first-order valence-electron chi connectivity index (χ1n) is 8.17. The highest BCUT2D eigenvalue weighted by atomic mass is 16.3. The third kappa shape index (κ3) is 4.66. The smallest absolute Gasteiger partial charge is 0.315 e. The van der Waals surface area contributed by atoms with Gasteiger partial charge in [-0.05, 0) is 25.0 Å². The van der Waals surface area contributed by atoms with Crippen molar-refractivity contribution in [2.24, 2.45) is 0 Å². The monoisotopic (exact) mass is 319 g/mol. The van der Waals surface area contributed by atoms with Crippen LogP contribution in [0.25, 0.3) is 5.65 Å². The average Bonchev–Trinajstić information content (AvgIpc) is 2.97. The van der Waals surface area contributed by atoms with E-state index in [-0.39, 0.29) is 18.6 Å². The summed E-state index contributed by atoms with van der Waals surface area (Å²) in [5.41, 5.74) is 0.754. The van der Waals surface area contributed by atoms with Gasteiger partial charge >= 0.3 is 6.03 Å². The predicted octanol–water partition coefficient (Wildman–Crippen LogP) is 2.03. The second-order valence-electron chi connectivity index (χ2n) is 5.63. The van der Waals surface area contributed by atoms with E-state index in [1.54, 1.807) is 0 Å². The van der Waals surface area contributed by atoms with Gasteiger partial charge in [-0.3, -0.25) is 4.40 Å². The molecule has 0 bridgehead atoms. The molecular weight excluding hydrogens is 294 g/mol. The maximum Gasteiger partial charge on any atom is 0.315 e. The average molecular weight is 319 g/mol. The van der Waals surface area contributed by atoms with Crippen LogP contribution in [-0.2, 0) is 0 Å². The van der Waals surface area contributed by atoms with Crippen molar-refractivity contribution >= 4 is 11.7 Å². The maximum atomic E-state index is 12.1. The third-order valence-corrected chi connectivity index (χ3v) is 3.65. The molecule has 23 heavy (non-hydrogen) atoms. The molecule has 0 aliphatic carbocycles. The number of fused-ring (bicyclic) bond motifs is 1. The second-order valence-corrected chi connectivity index (χ2v) is 5.63. The molecule has 126 valence electrons. The normalized spacial score (nSPS) is 13.7. The minimum absolute atomic E-state index is 0.222. The standard InChI is InChI=1S/C16H25N5O2/c1-3-7-12(22)11-17-16(23)18-13(8-4-2)15-20-19-14-9-5-6-10-21(14)15/h5-6,9-10,12-13,22H,3-4,7-8,11H2,1-2H3,(H2,17,18,23). The fraction of sp³-hybridized carbons (Fsp3) is 0.562. The molecule has 2 unspecified atom stereocenters. The number of hydrogen-bond acceptors (Lipinski definition) is 4. The Hall–Kier alpha value is -2.15. The summed E-state index contributed by atoms with van der Waals surface area (Å²) in [6, 6.07) is 5.16. The van der Waals surface area contributed by atoms with Crippen LogP contribution in [0.5, 0.6) is 0 Å². The van der Waals surface area contributed by atoms with Crippen LogP contribution in [0.15, 0.2) is 24.4 Å². The van der Waals surface area contributed by atoms with Crippen molar-refractivity contribution in [3.8, 4) is 0 Å². The molecule has 7 heteroatoms. The minimum Gasteiger partial charge on any atom is -0.391 e. The van der Waals surface area contributed by atoms with E-state index in [0.29, 0.717) is 12.2 Å². The molecule has 2 rings (SSSR count). The van der Waals surface area contributed by atoms with Gasteiger partial charge in [0.2, 0.25) is 0 Å². The van der Waals surface area contributed by atoms with Crippen molar-refractivity contribution in [1.82, 2.24) is 25.2 Å². The van der Waals surface area contributed by atoms with Gasteiger partial charge in [0.1, 0.15) is 0 Å². The maximum absolute atomic E-state index is 12.1. The molecule has 0 spiro atoms. The lowest BCUT2D eigenvalue weighted by Crippen LogP contribution is -2.41. The molecule has 0 radical (unpaired) electrons. The fourth-order valence-electron chi connectivity index (χ4n) is 2.51. The van der Waals surface area contributed by atoms with Gasteiger partial charge in [0.15, 0.2) is 11.5 Å². The molecule has 3 N–H and O–H groups in total.